The molecule has 0 saturated carbocycles. The van der Waals surface area contributed by atoms with E-state index in [0.717, 1.165) is 37.6 Å². The van der Waals surface area contributed by atoms with E-state index in [1.807, 2.05) is 49.4 Å². The number of hydrogen-bond acceptors (Lipinski definition) is 4. The molecule has 3 aromatic rings. The van der Waals surface area contributed by atoms with Crippen LogP contribution in [0, 0.1) is 0 Å². The first-order chi connectivity index (χ1) is 15.1. The fourth-order valence-electron chi connectivity index (χ4n) is 2.99. The lowest BCUT2D eigenvalue weighted by Gasteiger charge is -2.11. The summed E-state index contributed by atoms with van der Waals surface area (Å²) in [6.07, 6.45) is 2.22. The summed E-state index contributed by atoms with van der Waals surface area (Å²) in [5, 5.41) is 8.76. The zero-order chi connectivity index (χ0) is 22.1. The fraction of sp³-hybridized carbons (Fsp3) is 0.160. The second-order valence-electron chi connectivity index (χ2n) is 6.53. The summed E-state index contributed by atoms with van der Waals surface area (Å²) in [7, 11) is 0. The Hall–Kier alpha value is -2.70. The van der Waals surface area contributed by atoms with Gasteiger partial charge in [0.05, 0.1) is 11.1 Å². The van der Waals surface area contributed by atoms with Gasteiger partial charge in [0.15, 0.2) is 6.61 Å². The number of carbonyl (C=O) groups is 1. The number of carboxylic acids is 1. The molecule has 6 heteroatoms. The maximum Gasteiger partial charge on any atom is 0.341 e. The van der Waals surface area contributed by atoms with Crippen molar-refractivity contribution in [2.45, 2.75) is 11.8 Å². The Morgan fingerprint density at radius 3 is 2.48 bits per heavy atom. The first-order valence-corrected chi connectivity index (χ1v) is 11.6. The molecule has 0 heterocycles. The monoisotopic (exact) mass is 498 g/mol. The molecule has 0 bridgehead atoms. The molecular weight excluding hydrogens is 476 g/mol. The highest BCUT2D eigenvalue weighted by molar-refractivity contribution is 9.10. The molecule has 0 aromatic heterocycles. The highest BCUT2D eigenvalue weighted by atomic mass is 79.9. The highest BCUT2D eigenvalue weighted by Crippen LogP contribution is 2.32. The Balaban J connectivity index is 1.78. The first kappa shape index (κ1) is 23.0. The Kier molecular flexibility index (Phi) is 8.62. The van der Waals surface area contributed by atoms with E-state index in [4.69, 9.17) is 14.6 Å². The number of carboxylic acid groups (broad SMARTS) is 1. The van der Waals surface area contributed by atoms with Gasteiger partial charge < -0.3 is 14.6 Å². The van der Waals surface area contributed by atoms with Gasteiger partial charge in [-0.05, 0) is 69.9 Å². The van der Waals surface area contributed by atoms with Crippen molar-refractivity contribution in [3.8, 4) is 11.5 Å². The van der Waals surface area contributed by atoms with Gasteiger partial charge in [-0.3, -0.25) is 0 Å². The number of thioether (sulfide) groups is 1. The summed E-state index contributed by atoms with van der Waals surface area (Å²) < 4.78 is 11.7. The number of benzene rings is 3. The van der Waals surface area contributed by atoms with E-state index in [2.05, 4.69) is 46.3 Å². The molecule has 0 atom stereocenters. The molecule has 3 rings (SSSR count). The van der Waals surface area contributed by atoms with Gasteiger partial charge in [0.2, 0.25) is 0 Å². The molecule has 3 aromatic carbocycles. The van der Waals surface area contributed by atoms with Gasteiger partial charge in [0.25, 0.3) is 0 Å². The van der Waals surface area contributed by atoms with Crippen molar-refractivity contribution >= 4 is 39.2 Å². The van der Waals surface area contributed by atoms with Gasteiger partial charge in [0.1, 0.15) is 11.5 Å². The third kappa shape index (κ3) is 6.91. The molecule has 0 saturated heterocycles. The lowest BCUT2D eigenvalue weighted by atomic mass is 9.98. The van der Waals surface area contributed by atoms with Crippen molar-refractivity contribution in [1.82, 2.24) is 0 Å². The van der Waals surface area contributed by atoms with Crippen LogP contribution < -0.4 is 9.47 Å². The van der Waals surface area contributed by atoms with E-state index < -0.39 is 5.97 Å². The Morgan fingerprint density at radius 2 is 1.77 bits per heavy atom. The topological polar surface area (TPSA) is 55.8 Å². The smallest absolute Gasteiger partial charge is 0.341 e. The molecule has 4 nitrogen and oxygen atoms in total. The third-order valence-corrected chi connectivity index (χ3v) is 5.87. The van der Waals surface area contributed by atoms with E-state index in [-0.39, 0.29) is 6.61 Å². The van der Waals surface area contributed by atoms with Gasteiger partial charge >= 0.3 is 5.97 Å². The predicted octanol–water partition coefficient (Wildman–Crippen LogP) is 6.54. The standard InChI is InChI=1S/C25H23BrO4S/c1-2-29-20-10-6-9-19(15-20)22(18-7-4-3-5-8-18)13-14-31-21-11-12-24(23(26)16-21)30-17-25(27)28/h3-13,15-16H,2,14,17H2,1H3,(H,27,28). The molecule has 0 aliphatic heterocycles. The van der Waals surface area contributed by atoms with Crippen molar-refractivity contribution in [1.29, 1.82) is 0 Å². The second kappa shape index (κ2) is 11.6. The van der Waals surface area contributed by atoms with Crippen molar-refractivity contribution in [2.24, 2.45) is 0 Å². The number of ether oxygens (including phenoxy) is 2. The highest BCUT2D eigenvalue weighted by Gasteiger charge is 2.08. The van der Waals surface area contributed by atoms with Crippen molar-refractivity contribution in [3.05, 3.63) is 94.5 Å². The van der Waals surface area contributed by atoms with Crippen LogP contribution in [0.2, 0.25) is 0 Å². The Labute approximate surface area is 195 Å². The molecule has 1 N–H and O–H groups in total. The summed E-state index contributed by atoms with van der Waals surface area (Å²) >= 11 is 5.14. The SMILES string of the molecule is CCOc1cccc(C(=CCSc2ccc(OCC(=O)O)c(Br)c2)c2ccccc2)c1. The summed E-state index contributed by atoms with van der Waals surface area (Å²) in [5.41, 5.74) is 3.40. The summed E-state index contributed by atoms with van der Waals surface area (Å²) in [6, 6.07) is 24.1. The predicted molar refractivity (Wildman–Crippen MR) is 129 cm³/mol. The van der Waals surface area contributed by atoms with Gasteiger partial charge in [-0.1, -0.05) is 48.5 Å². The molecule has 0 aliphatic carbocycles. The Morgan fingerprint density at radius 1 is 1.00 bits per heavy atom. The van der Waals surface area contributed by atoms with E-state index in [1.165, 1.54) is 0 Å². The molecule has 0 fully saturated rings. The lowest BCUT2D eigenvalue weighted by molar-refractivity contribution is -0.139. The van der Waals surface area contributed by atoms with Crippen LogP contribution in [0.25, 0.3) is 5.57 Å². The summed E-state index contributed by atoms with van der Waals surface area (Å²) in [5.74, 6) is 1.14. The molecular formula is C25H23BrO4S. The van der Waals surface area contributed by atoms with Crippen LogP contribution in [-0.4, -0.2) is 30.0 Å². The molecule has 0 amide bonds. The minimum atomic E-state index is -1.00. The minimum absolute atomic E-state index is 0.366. The lowest BCUT2D eigenvalue weighted by Crippen LogP contribution is -2.09. The Bertz CT molecular complexity index is 1050. The summed E-state index contributed by atoms with van der Waals surface area (Å²) in [4.78, 5) is 11.7. The minimum Gasteiger partial charge on any atom is -0.494 e. The largest absolute Gasteiger partial charge is 0.494 e. The average Bonchev–Trinajstić information content (AvgIpc) is 2.77. The van der Waals surface area contributed by atoms with Crippen molar-refractivity contribution < 1.29 is 19.4 Å². The molecule has 160 valence electrons. The van der Waals surface area contributed by atoms with Crippen LogP contribution in [0.4, 0.5) is 0 Å². The average molecular weight is 499 g/mol. The maximum absolute atomic E-state index is 10.7. The van der Waals surface area contributed by atoms with E-state index in [1.54, 1.807) is 17.8 Å². The van der Waals surface area contributed by atoms with Crippen LogP contribution in [0.5, 0.6) is 11.5 Å². The first-order valence-electron chi connectivity index (χ1n) is 9.82. The van der Waals surface area contributed by atoms with Crippen LogP contribution in [0.1, 0.15) is 18.1 Å². The molecule has 31 heavy (non-hydrogen) atoms. The number of halogens is 1. The maximum atomic E-state index is 10.7. The van der Waals surface area contributed by atoms with Crippen LogP contribution in [0.15, 0.2) is 88.2 Å². The molecule has 0 unspecified atom stereocenters. The fourth-order valence-corrected chi connectivity index (χ4v) is 4.44. The third-order valence-electron chi connectivity index (χ3n) is 4.33. The van der Waals surface area contributed by atoms with E-state index in [0.29, 0.717) is 12.4 Å². The van der Waals surface area contributed by atoms with Crippen LogP contribution in [0.3, 0.4) is 0 Å². The molecule has 0 spiro atoms. The van der Waals surface area contributed by atoms with Crippen molar-refractivity contribution in [2.75, 3.05) is 19.0 Å². The molecule has 0 radical (unpaired) electrons. The van der Waals surface area contributed by atoms with Crippen molar-refractivity contribution in [3.63, 3.8) is 0 Å². The quantitative estimate of drug-likeness (QED) is 0.321. The van der Waals surface area contributed by atoms with Gasteiger partial charge in [-0.15, -0.1) is 11.8 Å². The number of aliphatic carboxylic acids is 1. The summed E-state index contributed by atoms with van der Waals surface area (Å²) in [6.45, 7) is 2.24. The van der Waals surface area contributed by atoms with E-state index >= 15 is 0 Å². The number of hydrogen-bond donors (Lipinski definition) is 1. The number of rotatable bonds is 10. The molecule has 0 aliphatic rings. The van der Waals surface area contributed by atoms with E-state index in [9.17, 15) is 4.79 Å². The van der Waals surface area contributed by atoms with Gasteiger partial charge in [-0.2, -0.15) is 0 Å². The van der Waals surface area contributed by atoms with Gasteiger partial charge in [0, 0.05) is 10.6 Å². The van der Waals surface area contributed by atoms with Crippen LogP contribution >= 0.6 is 27.7 Å². The zero-order valence-corrected chi connectivity index (χ0v) is 19.5. The van der Waals surface area contributed by atoms with Crippen LogP contribution in [-0.2, 0) is 4.79 Å². The normalized spacial score (nSPS) is 11.2. The van der Waals surface area contributed by atoms with Gasteiger partial charge in [-0.25, -0.2) is 4.79 Å². The zero-order valence-electron chi connectivity index (χ0n) is 17.1. The second-order valence-corrected chi connectivity index (χ2v) is 8.48.